The first-order chi connectivity index (χ1) is 17.4. The maximum atomic E-state index is 3.60. The minimum atomic E-state index is -0.292. The Labute approximate surface area is 255 Å². The molecule has 3 aliphatic rings. The first-order valence-electron chi connectivity index (χ1n) is 12.6. The third-order valence-corrected chi connectivity index (χ3v) is 7.07. The van der Waals surface area contributed by atoms with Gasteiger partial charge in [-0.2, -0.15) is 11.6 Å². The molecule has 0 saturated carbocycles. The van der Waals surface area contributed by atoms with Crippen LogP contribution in [0.15, 0.2) is 120 Å². The number of aryl methyl sites for hydroxylation is 1. The van der Waals surface area contributed by atoms with Crippen molar-refractivity contribution in [3.8, 4) is 0 Å². The third-order valence-electron chi connectivity index (χ3n) is 7.07. The van der Waals surface area contributed by atoms with Crippen molar-refractivity contribution in [1.29, 1.82) is 0 Å². The predicted molar refractivity (Wildman–Crippen MR) is 152 cm³/mol. The fourth-order valence-corrected chi connectivity index (χ4v) is 5.66. The molecule has 38 heavy (non-hydrogen) atoms. The summed E-state index contributed by atoms with van der Waals surface area (Å²) in [5.74, 6) is 0.183. The maximum absolute atomic E-state index is 3.60. The van der Waals surface area contributed by atoms with Crippen LogP contribution in [0.3, 0.4) is 0 Å². The van der Waals surface area contributed by atoms with Crippen LogP contribution < -0.4 is 24.8 Å². The Bertz CT molecular complexity index is 1470. The van der Waals surface area contributed by atoms with Crippen LogP contribution in [0.1, 0.15) is 40.7 Å². The number of benzene rings is 3. The predicted octanol–water partition coefficient (Wildman–Crippen LogP) is 2.55. The molecule has 0 bridgehead atoms. The van der Waals surface area contributed by atoms with Gasteiger partial charge < -0.3 is 24.8 Å². The zero-order valence-electron chi connectivity index (χ0n) is 22.2. The van der Waals surface area contributed by atoms with E-state index >= 15 is 0 Å². The molecule has 0 heterocycles. The Kier molecular flexibility index (Phi) is 10.4. The normalized spacial score (nSPS) is 20.2. The molecule has 2 atom stereocenters. The van der Waals surface area contributed by atoms with E-state index in [1.54, 1.807) is 23.3 Å². The van der Waals surface area contributed by atoms with Gasteiger partial charge in [0.1, 0.15) is 0 Å². The van der Waals surface area contributed by atoms with Gasteiger partial charge in [0.15, 0.2) is 0 Å². The van der Waals surface area contributed by atoms with Gasteiger partial charge in [-0.05, 0) is 34.8 Å². The summed E-state index contributed by atoms with van der Waals surface area (Å²) >= 11 is 1.74. The van der Waals surface area contributed by atoms with Gasteiger partial charge in [0.2, 0.25) is 0 Å². The summed E-state index contributed by atoms with van der Waals surface area (Å²) in [6.07, 6.45) is 15.2. The van der Waals surface area contributed by atoms with Gasteiger partial charge in [-0.25, -0.2) is 0 Å². The van der Waals surface area contributed by atoms with Crippen molar-refractivity contribution < 1.29 is 48.1 Å². The molecule has 0 radical (unpaired) electrons. The minimum Gasteiger partial charge on any atom is -1.00 e. The molecule has 2 unspecified atom stereocenters. The summed E-state index contributed by atoms with van der Waals surface area (Å²) in [7, 11) is 0. The van der Waals surface area contributed by atoms with Gasteiger partial charge in [-0.3, -0.25) is 0 Å². The molecule has 3 aromatic rings. The smallest absolute Gasteiger partial charge is 1.00 e. The van der Waals surface area contributed by atoms with Gasteiger partial charge >= 0.3 is 41.9 Å². The molecule has 0 fully saturated rings. The zero-order valence-corrected chi connectivity index (χ0v) is 27.2. The van der Waals surface area contributed by atoms with Crippen LogP contribution in [0.25, 0.3) is 11.6 Å². The fourth-order valence-electron chi connectivity index (χ4n) is 5.66. The van der Waals surface area contributed by atoms with Crippen molar-refractivity contribution in [3.63, 3.8) is 0 Å². The Balaban J connectivity index is 0.000000625. The molecule has 4 heteroatoms. The summed E-state index contributed by atoms with van der Waals surface area (Å²) in [6, 6.07) is 28.9. The summed E-state index contributed by atoms with van der Waals surface area (Å²) < 4.78 is 0. The van der Waals surface area contributed by atoms with E-state index in [0.717, 1.165) is 0 Å². The van der Waals surface area contributed by atoms with Crippen LogP contribution in [0.4, 0.5) is 0 Å². The van der Waals surface area contributed by atoms with Gasteiger partial charge in [0.25, 0.3) is 0 Å². The summed E-state index contributed by atoms with van der Waals surface area (Å²) in [5, 5.41) is 0. The summed E-state index contributed by atoms with van der Waals surface area (Å²) in [5.41, 5.74) is 11.7. The second-order valence-electron chi connectivity index (χ2n) is 10.1. The van der Waals surface area contributed by atoms with E-state index in [1.807, 2.05) is 0 Å². The molecule has 0 N–H and O–H groups in total. The Morgan fingerprint density at radius 3 is 2.13 bits per heavy atom. The van der Waals surface area contributed by atoms with Crippen LogP contribution >= 0.6 is 0 Å². The molecule has 6 rings (SSSR count). The van der Waals surface area contributed by atoms with E-state index in [-0.39, 0.29) is 41.6 Å². The Morgan fingerprint density at radius 1 is 0.816 bits per heavy atom. The standard InChI is InChI=1S/C32H25.C2H6Si.2ClH.Zr/c1-22-14-16-24(17-15-22)29-21-25-9-6-7-13-28(25)31(29)32(27-11-4-3-5-12-27)18-8-10-26-19-23(2)20-30(26)32;1-3-2;;;/h3-18,20-21,31H,1-2H3;1-2H3;2*1H;/q-1;;;;+2/p-2. The quantitative estimate of drug-likeness (QED) is 0.309. The van der Waals surface area contributed by atoms with Gasteiger partial charge in [-0.1, -0.05) is 104 Å². The van der Waals surface area contributed by atoms with Crippen LogP contribution in [-0.2, 0) is 28.8 Å². The van der Waals surface area contributed by atoms with Crippen molar-refractivity contribution in [2.24, 2.45) is 0 Å². The van der Waals surface area contributed by atoms with Gasteiger partial charge in [-0.15, -0.1) is 29.4 Å². The number of fused-ring (bicyclic) bond motifs is 2. The number of rotatable bonds is 3. The van der Waals surface area contributed by atoms with Crippen LogP contribution in [0, 0.1) is 13.0 Å². The van der Waals surface area contributed by atoms with E-state index in [0.29, 0.717) is 0 Å². The maximum Gasteiger partial charge on any atom is -1.00 e. The Morgan fingerprint density at radius 2 is 1.45 bits per heavy atom. The first-order valence-corrected chi connectivity index (χ1v) is 18.8. The van der Waals surface area contributed by atoms with Crippen molar-refractivity contribution in [2.75, 3.05) is 0 Å². The molecule has 0 spiro atoms. The molecule has 3 aromatic carbocycles. The second-order valence-corrected chi connectivity index (χ2v) is 19.4. The van der Waals surface area contributed by atoms with Gasteiger partial charge in [0, 0.05) is 11.3 Å². The molecule has 0 amide bonds. The number of halogens is 2. The zero-order chi connectivity index (χ0) is 25.3. The van der Waals surface area contributed by atoms with Gasteiger partial charge in [0.05, 0.1) is 0 Å². The van der Waals surface area contributed by atoms with Crippen LogP contribution in [-0.4, -0.2) is 5.43 Å². The fraction of sp³-hybridized carbons (Fsp3) is 0.176. The summed E-state index contributed by atoms with van der Waals surface area (Å²) in [4.78, 5) is 0. The number of hydrogen-bond acceptors (Lipinski definition) is 0. The average Bonchev–Trinajstić information content (AvgIpc) is 3.45. The monoisotopic (exact) mass is 627 g/mol. The molecule has 0 aliphatic heterocycles. The van der Waals surface area contributed by atoms with Crippen LogP contribution in [0.2, 0.25) is 13.1 Å². The molecule has 0 saturated heterocycles. The van der Waals surface area contributed by atoms with E-state index < -0.39 is 0 Å². The SMILES string of the molecule is CC1=[C-]C2=CC=CC(c3ccccc3)(C3C(c4ccc(C)cc4)=Cc4ccccc43)C2=C1.C[Si](C)=[Zr+2].[Cl-].[Cl-]. The largest absolute Gasteiger partial charge is 1.00 e. The Hall–Kier alpha value is -1.96. The molecular formula is C34H31Cl2SiZr-. The molecular weight excluding hydrogens is 599 g/mol. The topological polar surface area (TPSA) is 0 Å². The van der Waals surface area contributed by atoms with Crippen molar-refractivity contribution in [2.45, 2.75) is 38.3 Å². The van der Waals surface area contributed by atoms with Crippen molar-refractivity contribution >= 4 is 17.1 Å². The number of hydrogen-bond donors (Lipinski definition) is 0. The molecule has 3 aliphatic carbocycles. The van der Waals surface area contributed by atoms with E-state index in [2.05, 4.69) is 142 Å². The van der Waals surface area contributed by atoms with E-state index in [9.17, 15) is 0 Å². The average molecular weight is 630 g/mol. The van der Waals surface area contributed by atoms with Crippen LogP contribution in [0.5, 0.6) is 0 Å². The van der Waals surface area contributed by atoms with E-state index in [1.165, 1.54) is 50.1 Å². The molecule has 0 aromatic heterocycles. The third kappa shape index (κ3) is 5.80. The van der Waals surface area contributed by atoms with Crippen molar-refractivity contribution in [1.82, 2.24) is 0 Å². The van der Waals surface area contributed by atoms with Crippen molar-refractivity contribution in [3.05, 3.63) is 154 Å². The second kappa shape index (κ2) is 12.9. The first kappa shape index (κ1) is 30.6. The molecule has 190 valence electrons. The number of allylic oxidation sites excluding steroid dienone is 9. The minimum absolute atomic E-state index is 0. The van der Waals surface area contributed by atoms with E-state index in [4.69, 9.17) is 0 Å². The summed E-state index contributed by atoms with van der Waals surface area (Å²) in [6.45, 7) is 8.92. The molecule has 0 nitrogen and oxygen atoms in total.